The number of carbonyl (C=O) groups is 2. The van der Waals surface area contributed by atoms with Crippen LogP contribution in [0.4, 0.5) is 0 Å². The van der Waals surface area contributed by atoms with Crippen LogP contribution < -0.4 is 5.32 Å². The fraction of sp³-hybridized carbons (Fsp3) is 0.389. The van der Waals surface area contributed by atoms with Gasteiger partial charge >= 0.3 is 5.97 Å². The number of nitrogens with zero attached hydrogens (tertiary/aromatic N) is 2. The van der Waals surface area contributed by atoms with Gasteiger partial charge in [0.25, 0.3) is 0 Å². The molecule has 0 aliphatic carbocycles. The number of amides is 1. The lowest BCUT2D eigenvalue weighted by atomic mass is 9.92. The first kappa shape index (κ1) is 21.2. The smallest absolute Gasteiger partial charge is 0.370 e. The van der Waals surface area contributed by atoms with E-state index in [0.29, 0.717) is 5.52 Å². The molecule has 3 rings (SSSR count). The second-order valence-corrected chi connectivity index (χ2v) is 7.51. The quantitative estimate of drug-likeness (QED) is 0.393. The minimum absolute atomic E-state index is 0.454. The van der Waals surface area contributed by atoms with E-state index >= 15 is 0 Å². The fourth-order valence-corrected chi connectivity index (χ4v) is 3.72. The number of hydrogen-bond acceptors (Lipinski definition) is 7. The van der Waals surface area contributed by atoms with E-state index < -0.39 is 54.6 Å². The predicted molar refractivity (Wildman–Crippen MR) is 104 cm³/mol. The standard InChI is InChI=1S/C18H20BrN3O7/c1-8(24)20-15-12(22-6-9-10(19)3-2-4-11(9)21-22)5-14(18(27)28)29-17(15)16(26)13(25)7-23/h2-6,12-13,15-17,23,25-26H,7H2,1H3,(H,20,24)(H,27,28)/t12-,13+,15+,16+,17+/m0/s1. The van der Waals surface area contributed by atoms with E-state index in [-0.39, 0.29) is 0 Å². The minimum atomic E-state index is -1.67. The van der Waals surface area contributed by atoms with E-state index in [0.717, 1.165) is 9.86 Å². The summed E-state index contributed by atoms with van der Waals surface area (Å²) >= 11 is 3.43. The summed E-state index contributed by atoms with van der Waals surface area (Å²) in [4.78, 5) is 23.4. The number of aliphatic hydroxyl groups excluding tert-OH is 3. The van der Waals surface area contributed by atoms with Gasteiger partial charge in [-0.25, -0.2) is 4.79 Å². The van der Waals surface area contributed by atoms with Crippen molar-refractivity contribution < 1.29 is 34.8 Å². The van der Waals surface area contributed by atoms with E-state index in [1.54, 1.807) is 18.3 Å². The second-order valence-electron chi connectivity index (χ2n) is 6.66. The maximum atomic E-state index is 11.8. The highest BCUT2D eigenvalue weighted by atomic mass is 79.9. The number of rotatable bonds is 6. The Hall–Kier alpha value is -2.47. The summed E-state index contributed by atoms with van der Waals surface area (Å²) in [5, 5.41) is 46.8. The lowest BCUT2D eigenvalue weighted by Gasteiger charge is -2.39. The maximum absolute atomic E-state index is 11.8. The number of nitrogens with one attached hydrogen (secondary N) is 1. The Bertz CT molecular complexity index is 960. The number of aliphatic hydroxyl groups is 3. The zero-order valence-electron chi connectivity index (χ0n) is 15.3. The summed E-state index contributed by atoms with van der Waals surface area (Å²) in [6.07, 6.45) is -1.67. The molecule has 1 amide bonds. The van der Waals surface area contributed by atoms with Crippen molar-refractivity contribution in [3.63, 3.8) is 0 Å². The molecule has 11 heteroatoms. The van der Waals surface area contributed by atoms with Crippen LogP contribution in [0, 0.1) is 0 Å². The summed E-state index contributed by atoms with van der Waals surface area (Å²) in [6.45, 7) is 0.485. The zero-order valence-corrected chi connectivity index (χ0v) is 16.9. The second kappa shape index (κ2) is 8.49. The predicted octanol–water partition coefficient (Wildman–Crippen LogP) is -0.0740. The number of halogens is 1. The van der Waals surface area contributed by atoms with Crippen LogP contribution in [-0.2, 0) is 14.3 Å². The Kier molecular flexibility index (Phi) is 6.22. The van der Waals surface area contributed by atoms with Crippen molar-refractivity contribution in [1.29, 1.82) is 0 Å². The third-order valence-electron chi connectivity index (χ3n) is 4.63. The minimum Gasteiger partial charge on any atom is -0.478 e. The summed E-state index contributed by atoms with van der Waals surface area (Å²) < 4.78 is 7.61. The molecule has 1 aliphatic heterocycles. The van der Waals surface area contributed by atoms with Crippen LogP contribution in [-0.4, -0.2) is 73.0 Å². The third kappa shape index (κ3) is 4.27. The van der Waals surface area contributed by atoms with Gasteiger partial charge in [0.15, 0.2) is 0 Å². The first-order valence-corrected chi connectivity index (χ1v) is 9.51. The van der Waals surface area contributed by atoms with Crippen molar-refractivity contribution in [2.24, 2.45) is 0 Å². The van der Waals surface area contributed by atoms with E-state index in [2.05, 4.69) is 26.3 Å². The van der Waals surface area contributed by atoms with E-state index in [4.69, 9.17) is 4.74 Å². The van der Waals surface area contributed by atoms with Gasteiger partial charge in [0, 0.05) is 23.0 Å². The van der Waals surface area contributed by atoms with Crippen LogP contribution in [0.25, 0.3) is 10.9 Å². The highest BCUT2D eigenvalue weighted by Gasteiger charge is 2.44. The largest absolute Gasteiger partial charge is 0.478 e. The molecule has 10 nitrogen and oxygen atoms in total. The molecule has 2 heterocycles. The van der Waals surface area contributed by atoms with Crippen LogP contribution in [0.2, 0.25) is 0 Å². The van der Waals surface area contributed by atoms with Crippen LogP contribution in [0.15, 0.2) is 40.7 Å². The number of ether oxygens (including phenoxy) is 1. The van der Waals surface area contributed by atoms with E-state index in [1.807, 2.05) is 6.07 Å². The molecule has 156 valence electrons. The molecule has 1 aromatic heterocycles. The number of aliphatic carboxylic acids is 1. The SMILES string of the molecule is CC(=O)N[C@H]1[C@H]([C@H](O)[C@H](O)CO)OC(C(=O)O)=C[C@@H]1n1cc2c(Br)cccc2n1. The Morgan fingerprint density at radius 2 is 2.10 bits per heavy atom. The monoisotopic (exact) mass is 469 g/mol. The molecule has 0 saturated carbocycles. The van der Waals surface area contributed by atoms with Gasteiger partial charge in [0.05, 0.1) is 24.2 Å². The summed E-state index contributed by atoms with van der Waals surface area (Å²) in [5.74, 6) is -2.31. The Morgan fingerprint density at radius 1 is 1.38 bits per heavy atom. The average Bonchev–Trinajstić information content (AvgIpc) is 3.11. The Balaban J connectivity index is 2.12. The first-order valence-electron chi connectivity index (χ1n) is 8.72. The lowest BCUT2D eigenvalue weighted by Crippen LogP contribution is -2.58. The van der Waals surface area contributed by atoms with Gasteiger partial charge in [-0.2, -0.15) is 5.10 Å². The molecule has 29 heavy (non-hydrogen) atoms. The topological polar surface area (TPSA) is 154 Å². The molecule has 2 aromatic rings. The molecule has 0 saturated heterocycles. The summed E-state index contributed by atoms with van der Waals surface area (Å²) in [6, 6.07) is 3.57. The van der Waals surface area contributed by atoms with Crippen molar-refractivity contribution in [3.8, 4) is 0 Å². The molecule has 0 fully saturated rings. The van der Waals surface area contributed by atoms with Crippen LogP contribution in [0.1, 0.15) is 13.0 Å². The lowest BCUT2D eigenvalue weighted by molar-refractivity contribution is -0.147. The fourth-order valence-electron chi connectivity index (χ4n) is 3.27. The van der Waals surface area contributed by atoms with Gasteiger partial charge < -0.3 is 30.5 Å². The molecule has 5 atom stereocenters. The Labute approximate surface area is 173 Å². The van der Waals surface area contributed by atoms with Gasteiger partial charge in [-0.15, -0.1) is 0 Å². The maximum Gasteiger partial charge on any atom is 0.370 e. The van der Waals surface area contributed by atoms with Crippen molar-refractivity contribution >= 4 is 38.7 Å². The molecule has 0 radical (unpaired) electrons. The van der Waals surface area contributed by atoms with E-state index in [1.165, 1.54) is 17.7 Å². The van der Waals surface area contributed by atoms with E-state index in [9.17, 15) is 30.0 Å². The molecule has 0 bridgehead atoms. The molecule has 1 aliphatic rings. The highest BCUT2D eigenvalue weighted by Crippen LogP contribution is 2.32. The number of aromatic nitrogens is 2. The molecular weight excluding hydrogens is 450 g/mol. The van der Waals surface area contributed by atoms with Gasteiger partial charge in [-0.1, -0.05) is 22.0 Å². The van der Waals surface area contributed by atoms with Crippen LogP contribution >= 0.6 is 15.9 Å². The molecular formula is C18H20BrN3O7. The van der Waals surface area contributed by atoms with Crippen molar-refractivity contribution in [1.82, 2.24) is 15.1 Å². The van der Waals surface area contributed by atoms with Crippen molar-refractivity contribution in [2.75, 3.05) is 6.61 Å². The molecule has 0 spiro atoms. The van der Waals surface area contributed by atoms with Gasteiger partial charge in [-0.3, -0.25) is 9.48 Å². The van der Waals surface area contributed by atoms with Crippen molar-refractivity contribution in [3.05, 3.63) is 40.7 Å². The van der Waals surface area contributed by atoms with Crippen molar-refractivity contribution in [2.45, 2.75) is 37.3 Å². The number of fused-ring (bicyclic) bond motifs is 1. The normalized spacial score (nSPS) is 23.8. The average molecular weight is 470 g/mol. The number of carboxylic acids is 1. The zero-order chi connectivity index (χ0) is 21.3. The van der Waals surface area contributed by atoms with Gasteiger partial charge in [0.1, 0.15) is 18.3 Å². The molecule has 1 aromatic carbocycles. The number of carbonyl (C=O) groups excluding carboxylic acids is 1. The number of benzene rings is 1. The Morgan fingerprint density at radius 3 is 2.69 bits per heavy atom. The summed E-state index contributed by atoms with van der Waals surface area (Å²) in [7, 11) is 0. The number of carboxylic acid groups (broad SMARTS) is 1. The first-order chi connectivity index (χ1) is 13.7. The number of hydrogen-bond donors (Lipinski definition) is 5. The highest BCUT2D eigenvalue weighted by molar-refractivity contribution is 9.10. The summed E-state index contributed by atoms with van der Waals surface area (Å²) in [5.41, 5.74) is 0.630. The van der Waals surface area contributed by atoms with Crippen LogP contribution in [0.5, 0.6) is 0 Å². The molecule has 5 N–H and O–H groups in total. The van der Waals surface area contributed by atoms with Gasteiger partial charge in [0.2, 0.25) is 11.7 Å². The third-order valence-corrected chi connectivity index (χ3v) is 5.32. The van der Waals surface area contributed by atoms with Gasteiger partial charge in [-0.05, 0) is 18.2 Å². The molecule has 0 unspecified atom stereocenters. The van der Waals surface area contributed by atoms with Crippen LogP contribution in [0.3, 0.4) is 0 Å².